The molecule has 1 N–H and O–H groups in total. The minimum Gasteiger partial charge on any atom is -0.502 e. The summed E-state index contributed by atoms with van der Waals surface area (Å²) in [5, 5.41) is 28.5. The summed E-state index contributed by atoms with van der Waals surface area (Å²) in [7, 11) is -3.69. The van der Waals surface area contributed by atoms with E-state index in [-0.39, 0.29) is 5.56 Å². The first-order valence-electron chi connectivity index (χ1n) is 4.55. The molecule has 8 heteroatoms. The van der Waals surface area contributed by atoms with E-state index in [4.69, 9.17) is 5.26 Å². The van der Waals surface area contributed by atoms with Crippen molar-refractivity contribution in [3.63, 3.8) is 0 Å². The Morgan fingerprint density at radius 2 is 2.17 bits per heavy atom. The average molecular weight is 268 g/mol. The minimum absolute atomic E-state index is 0.140. The van der Waals surface area contributed by atoms with Crippen molar-refractivity contribution in [1.82, 2.24) is 0 Å². The highest BCUT2D eigenvalue weighted by atomic mass is 32.2. The van der Waals surface area contributed by atoms with E-state index in [1.165, 1.54) is 12.1 Å². The number of hydrogen-bond acceptors (Lipinski definition) is 6. The maximum absolute atomic E-state index is 11.2. The number of rotatable bonds is 3. The van der Waals surface area contributed by atoms with Gasteiger partial charge in [-0.25, -0.2) is 8.42 Å². The number of phenols is 1. The van der Waals surface area contributed by atoms with E-state index >= 15 is 0 Å². The van der Waals surface area contributed by atoms with Crippen LogP contribution < -0.4 is 0 Å². The second kappa shape index (κ2) is 4.85. The molecule has 94 valence electrons. The van der Waals surface area contributed by atoms with E-state index in [9.17, 15) is 23.6 Å². The van der Waals surface area contributed by atoms with Gasteiger partial charge in [-0.2, -0.15) is 5.26 Å². The molecule has 0 aliphatic carbocycles. The SMILES string of the molecule is CS(=O)(=O)C(C#N)=Cc1ccc(O)c([N+](=O)[O-])c1. The van der Waals surface area contributed by atoms with Gasteiger partial charge >= 0.3 is 5.69 Å². The molecule has 0 unspecified atom stereocenters. The number of nitriles is 1. The van der Waals surface area contributed by atoms with E-state index < -0.39 is 31.1 Å². The minimum atomic E-state index is -3.69. The number of nitro benzene ring substituents is 1. The quantitative estimate of drug-likeness (QED) is 0.499. The second-order valence-corrected chi connectivity index (χ2v) is 5.38. The van der Waals surface area contributed by atoms with Crippen LogP contribution in [0.4, 0.5) is 5.69 Å². The van der Waals surface area contributed by atoms with E-state index in [2.05, 4.69) is 0 Å². The molecule has 0 amide bonds. The van der Waals surface area contributed by atoms with E-state index in [0.29, 0.717) is 0 Å². The fourth-order valence-corrected chi connectivity index (χ4v) is 1.67. The van der Waals surface area contributed by atoms with Gasteiger partial charge in [0.1, 0.15) is 11.0 Å². The number of aromatic hydroxyl groups is 1. The number of nitrogens with zero attached hydrogens (tertiary/aromatic N) is 2. The largest absolute Gasteiger partial charge is 0.502 e. The third-order valence-corrected chi connectivity index (χ3v) is 3.01. The summed E-state index contributed by atoms with van der Waals surface area (Å²) >= 11 is 0. The Morgan fingerprint density at radius 3 is 2.61 bits per heavy atom. The van der Waals surface area contributed by atoms with Gasteiger partial charge in [-0.1, -0.05) is 6.07 Å². The van der Waals surface area contributed by atoms with Crippen LogP contribution in [-0.2, 0) is 9.84 Å². The van der Waals surface area contributed by atoms with Crippen molar-refractivity contribution in [2.24, 2.45) is 0 Å². The van der Waals surface area contributed by atoms with Crippen LogP contribution in [0.25, 0.3) is 6.08 Å². The monoisotopic (exact) mass is 268 g/mol. The number of hydrogen-bond donors (Lipinski definition) is 1. The zero-order valence-corrected chi connectivity index (χ0v) is 10.0. The molecule has 0 saturated carbocycles. The molecule has 0 aliphatic rings. The van der Waals surface area contributed by atoms with Gasteiger partial charge in [0, 0.05) is 12.3 Å². The molecule has 0 aromatic heterocycles. The fraction of sp³-hybridized carbons (Fsp3) is 0.100. The number of phenolic OH excluding ortho intramolecular Hbond substituents is 1. The molecule has 0 heterocycles. The summed E-state index contributed by atoms with van der Waals surface area (Å²) < 4.78 is 22.4. The molecule has 0 saturated heterocycles. The smallest absolute Gasteiger partial charge is 0.311 e. The van der Waals surface area contributed by atoms with Crippen LogP contribution in [0.15, 0.2) is 23.1 Å². The van der Waals surface area contributed by atoms with Crippen molar-refractivity contribution in [3.05, 3.63) is 38.8 Å². The first-order valence-corrected chi connectivity index (χ1v) is 6.44. The van der Waals surface area contributed by atoms with Crippen molar-refractivity contribution in [1.29, 1.82) is 5.26 Å². The Balaban J connectivity index is 3.37. The lowest BCUT2D eigenvalue weighted by Gasteiger charge is -1.99. The van der Waals surface area contributed by atoms with Crippen LogP contribution in [-0.4, -0.2) is 24.7 Å². The lowest BCUT2D eigenvalue weighted by Crippen LogP contribution is -1.98. The Kier molecular flexibility index (Phi) is 3.68. The van der Waals surface area contributed by atoms with Gasteiger partial charge in [-0.15, -0.1) is 0 Å². The second-order valence-electron chi connectivity index (χ2n) is 3.40. The van der Waals surface area contributed by atoms with Gasteiger partial charge in [0.05, 0.1) is 4.92 Å². The summed E-state index contributed by atoms with van der Waals surface area (Å²) in [5.74, 6) is -0.532. The number of nitro groups is 1. The molecule has 0 atom stereocenters. The van der Waals surface area contributed by atoms with Crippen molar-refractivity contribution >= 4 is 21.6 Å². The van der Waals surface area contributed by atoms with Crippen LogP contribution in [0.3, 0.4) is 0 Å². The summed E-state index contributed by atoms with van der Waals surface area (Å²) in [4.78, 5) is 9.25. The number of allylic oxidation sites excluding steroid dienone is 1. The van der Waals surface area contributed by atoms with Crippen LogP contribution in [0.2, 0.25) is 0 Å². The van der Waals surface area contributed by atoms with Gasteiger partial charge in [0.25, 0.3) is 0 Å². The predicted octanol–water partition coefficient (Wildman–Crippen LogP) is 1.21. The van der Waals surface area contributed by atoms with Crippen molar-refractivity contribution in [2.45, 2.75) is 0 Å². The number of sulfone groups is 1. The molecular formula is C10H8N2O5S. The molecule has 0 fully saturated rings. The van der Waals surface area contributed by atoms with Crippen LogP contribution in [0.1, 0.15) is 5.56 Å². The summed E-state index contributed by atoms with van der Waals surface area (Å²) in [6.45, 7) is 0. The summed E-state index contributed by atoms with van der Waals surface area (Å²) in [6.07, 6.45) is 1.86. The standard InChI is InChI=1S/C10H8N2O5S/c1-18(16,17)8(6-11)4-7-2-3-10(13)9(5-7)12(14)15/h2-5,13H,1H3. The highest BCUT2D eigenvalue weighted by molar-refractivity contribution is 7.95. The summed E-state index contributed by atoms with van der Waals surface area (Å²) in [6, 6.07) is 4.80. The highest BCUT2D eigenvalue weighted by Gasteiger charge is 2.15. The molecule has 1 aromatic rings. The molecule has 1 rings (SSSR count). The lowest BCUT2D eigenvalue weighted by molar-refractivity contribution is -0.385. The third kappa shape index (κ3) is 3.05. The van der Waals surface area contributed by atoms with Gasteiger partial charge in [0.15, 0.2) is 15.6 Å². The molecule has 0 spiro atoms. The van der Waals surface area contributed by atoms with E-state index in [0.717, 1.165) is 24.5 Å². The van der Waals surface area contributed by atoms with Crippen LogP contribution in [0.5, 0.6) is 5.75 Å². The number of benzene rings is 1. The normalized spacial score (nSPS) is 11.9. The molecule has 0 aliphatic heterocycles. The van der Waals surface area contributed by atoms with Gasteiger partial charge in [-0.05, 0) is 17.7 Å². The fourth-order valence-electron chi connectivity index (χ4n) is 1.15. The lowest BCUT2D eigenvalue weighted by atomic mass is 10.2. The molecule has 18 heavy (non-hydrogen) atoms. The van der Waals surface area contributed by atoms with E-state index in [1.807, 2.05) is 0 Å². The highest BCUT2D eigenvalue weighted by Crippen LogP contribution is 2.27. The maximum atomic E-state index is 11.2. The average Bonchev–Trinajstić information content (AvgIpc) is 2.25. The zero-order chi connectivity index (χ0) is 13.9. The maximum Gasteiger partial charge on any atom is 0.311 e. The Hall–Kier alpha value is -2.40. The molecule has 0 radical (unpaired) electrons. The first-order chi connectivity index (χ1) is 8.25. The first kappa shape index (κ1) is 13.7. The third-order valence-electron chi connectivity index (χ3n) is 2.00. The van der Waals surface area contributed by atoms with Gasteiger partial charge in [-0.3, -0.25) is 10.1 Å². The predicted molar refractivity (Wildman–Crippen MR) is 63.2 cm³/mol. The van der Waals surface area contributed by atoms with Gasteiger partial charge < -0.3 is 5.11 Å². The van der Waals surface area contributed by atoms with Crippen molar-refractivity contribution < 1.29 is 18.4 Å². The zero-order valence-electron chi connectivity index (χ0n) is 9.19. The molecular weight excluding hydrogens is 260 g/mol. The van der Waals surface area contributed by atoms with Crippen LogP contribution >= 0.6 is 0 Å². The Labute approximate surface area is 103 Å². The Bertz CT molecular complexity index is 670. The van der Waals surface area contributed by atoms with Gasteiger partial charge in [0.2, 0.25) is 0 Å². The molecule has 1 aromatic carbocycles. The topological polar surface area (TPSA) is 121 Å². The van der Waals surface area contributed by atoms with Crippen molar-refractivity contribution in [3.8, 4) is 11.8 Å². The summed E-state index contributed by atoms with van der Waals surface area (Å²) in [5.41, 5.74) is -0.420. The Morgan fingerprint density at radius 1 is 1.56 bits per heavy atom. The molecule has 7 nitrogen and oxygen atoms in total. The molecule has 0 bridgehead atoms. The van der Waals surface area contributed by atoms with E-state index in [1.54, 1.807) is 0 Å². The van der Waals surface area contributed by atoms with Crippen molar-refractivity contribution in [2.75, 3.05) is 6.26 Å². The van der Waals surface area contributed by atoms with Crippen LogP contribution in [0, 0.1) is 21.4 Å².